The summed E-state index contributed by atoms with van der Waals surface area (Å²) in [7, 11) is 2.22. The minimum atomic E-state index is -0.897. The van der Waals surface area contributed by atoms with E-state index in [9.17, 15) is 4.79 Å². The number of piperidine rings is 1. The second-order valence-corrected chi connectivity index (χ2v) is 6.72. The number of carboxylic acids is 1. The monoisotopic (exact) mass is 266 g/mol. The van der Waals surface area contributed by atoms with Crippen molar-refractivity contribution >= 4 is 17.3 Å². The molecule has 5 heteroatoms. The van der Waals surface area contributed by atoms with Gasteiger partial charge in [0.15, 0.2) is 5.69 Å². The molecule has 2 aliphatic rings. The lowest BCUT2D eigenvalue weighted by Gasteiger charge is -2.35. The highest BCUT2D eigenvalue weighted by molar-refractivity contribution is 7.12. The molecule has 98 valence electrons. The number of thiazole rings is 1. The minimum Gasteiger partial charge on any atom is -0.476 e. The summed E-state index contributed by atoms with van der Waals surface area (Å²) in [6.45, 7) is 1.86. The number of hydrogen-bond acceptors (Lipinski definition) is 4. The van der Waals surface area contributed by atoms with Crippen molar-refractivity contribution in [2.45, 2.75) is 50.6 Å². The quantitative estimate of drug-likeness (QED) is 0.893. The molecule has 2 atom stereocenters. The van der Waals surface area contributed by atoms with E-state index in [1.54, 1.807) is 11.3 Å². The molecular weight excluding hydrogens is 248 g/mol. The van der Waals surface area contributed by atoms with Crippen molar-refractivity contribution in [1.29, 1.82) is 0 Å². The molecule has 0 aliphatic carbocycles. The summed E-state index contributed by atoms with van der Waals surface area (Å²) in [5, 5.41) is 10.1. The van der Waals surface area contributed by atoms with Crippen LogP contribution in [0.4, 0.5) is 0 Å². The largest absolute Gasteiger partial charge is 0.476 e. The number of aryl methyl sites for hydroxylation is 1. The van der Waals surface area contributed by atoms with Crippen molar-refractivity contribution < 1.29 is 9.90 Å². The number of fused-ring (bicyclic) bond motifs is 2. The molecule has 3 rings (SSSR count). The van der Waals surface area contributed by atoms with Gasteiger partial charge in [-0.1, -0.05) is 0 Å². The molecule has 2 saturated heterocycles. The van der Waals surface area contributed by atoms with Crippen LogP contribution >= 0.6 is 11.3 Å². The third kappa shape index (κ3) is 1.86. The molecule has 18 heavy (non-hydrogen) atoms. The van der Waals surface area contributed by atoms with Gasteiger partial charge in [-0.25, -0.2) is 9.78 Å². The molecule has 2 bridgehead atoms. The average molecular weight is 266 g/mol. The van der Waals surface area contributed by atoms with Crippen molar-refractivity contribution in [2.24, 2.45) is 0 Å². The van der Waals surface area contributed by atoms with E-state index in [1.165, 1.54) is 12.8 Å². The Morgan fingerprint density at radius 3 is 2.50 bits per heavy atom. The van der Waals surface area contributed by atoms with Crippen molar-refractivity contribution in [3.63, 3.8) is 0 Å². The Labute approximate surface area is 111 Å². The lowest BCUT2D eigenvalue weighted by atomic mass is 9.92. The van der Waals surface area contributed by atoms with E-state index < -0.39 is 5.97 Å². The van der Waals surface area contributed by atoms with Crippen molar-refractivity contribution in [1.82, 2.24) is 9.88 Å². The van der Waals surface area contributed by atoms with E-state index in [1.807, 2.05) is 6.92 Å². The molecule has 0 aromatic carbocycles. The maximum Gasteiger partial charge on any atom is 0.355 e. The van der Waals surface area contributed by atoms with Gasteiger partial charge < -0.3 is 10.0 Å². The van der Waals surface area contributed by atoms with Crippen LogP contribution in [0.2, 0.25) is 0 Å². The zero-order chi connectivity index (χ0) is 12.9. The molecule has 1 N–H and O–H groups in total. The first kappa shape index (κ1) is 12.1. The first-order valence-electron chi connectivity index (χ1n) is 6.48. The molecule has 1 aromatic rings. The Morgan fingerprint density at radius 2 is 2.00 bits per heavy atom. The van der Waals surface area contributed by atoms with Crippen LogP contribution in [0.15, 0.2) is 0 Å². The fourth-order valence-corrected chi connectivity index (χ4v) is 4.44. The highest BCUT2D eigenvalue weighted by atomic mass is 32.1. The fourth-order valence-electron chi connectivity index (χ4n) is 3.40. The first-order valence-corrected chi connectivity index (χ1v) is 7.30. The van der Waals surface area contributed by atoms with Gasteiger partial charge in [0, 0.05) is 22.9 Å². The Balaban J connectivity index is 1.84. The molecule has 2 aliphatic heterocycles. The predicted octanol–water partition coefficient (Wildman–Crippen LogP) is 2.49. The van der Waals surface area contributed by atoms with E-state index in [2.05, 4.69) is 16.9 Å². The normalized spacial score (nSPS) is 31.8. The summed E-state index contributed by atoms with van der Waals surface area (Å²) < 4.78 is 0. The lowest BCUT2D eigenvalue weighted by Crippen LogP contribution is -2.39. The topological polar surface area (TPSA) is 53.4 Å². The molecule has 2 unspecified atom stereocenters. The minimum absolute atomic E-state index is 0.251. The first-order chi connectivity index (χ1) is 8.56. The molecule has 0 amide bonds. The van der Waals surface area contributed by atoms with Gasteiger partial charge in [0.05, 0.1) is 5.01 Å². The van der Waals surface area contributed by atoms with Crippen molar-refractivity contribution in [3.8, 4) is 0 Å². The molecule has 0 saturated carbocycles. The van der Waals surface area contributed by atoms with Crippen LogP contribution in [0, 0.1) is 6.92 Å². The Bertz CT molecular complexity index is 471. The number of carboxylic acid groups (broad SMARTS) is 1. The van der Waals surface area contributed by atoms with Crippen molar-refractivity contribution in [3.05, 3.63) is 15.6 Å². The van der Waals surface area contributed by atoms with E-state index in [0.717, 1.165) is 22.7 Å². The number of nitrogens with zero attached hydrogens (tertiary/aromatic N) is 2. The van der Waals surface area contributed by atoms with Crippen LogP contribution in [0.25, 0.3) is 0 Å². The van der Waals surface area contributed by atoms with Gasteiger partial charge in [0.25, 0.3) is 0 Å². The van der Waals surface area contributed by atoms with E-state index in [-0.39, 0.29) is 5.69 Å². The highest BCUT2D eigenvalue weighted by Gasteiger charge is 2.40. The second-order valence-electron chi connectivity index (χ2n) is 5.48. The number of aromatic carboxylic acids is 1. The lowest BCUT2D eigenvalue weighted by molar-refractivity contribution is 0.0690. The molecule has 3 heterocycles. The van der Waals surface area contributed by atoms with Gasteiger partial charge in [-0.05, 0) is 39.7 Å². The fraction of sp³-hybridized carbons (Fsp3) is 0.692. The van der Waals surface area contributed by atoms with Gasteiger partial charge in [-0.15, -0.1) is 11.3 Å². The Hall–Kier alpha value is -0.940. The molecule has 1 aromatic heterocycles. The Morgan fingerprint density at radius 1 is 1.39 bits per heavy atom. The smallest absolute Gasteiger partial charge is 0.355 e. The number of hydrogen-bond donors (Lipinski definition) is 1. The summed E-state index contributed by atoms with van der Waals surface area (Å²) in [5.74, 6) is -0.429. The molecule has 0 radical (unpaired) electrons. The van der Waals surface area contributed by atoms with Crippen LogP contribution in [0.3, 0.4) is 0 Å². The number of rotatable bonds is 2. The summed E-state index contributed by atoms with van der Waals surface area (Å²) in [4.78, 5) is 18.7. The number of carbonyl (C=O) groups is 1. The standard InChI is InChI=1S/C13H18N2O2S/c1-7-11(13(16)17)14-12(18-7)8-5-9-3-4-10(6-8)15(9)2/h8-10H,3-6H2,1-2H3,(H,16,17). The zero-order valence-corrected chi connectivity index (χ0v) is 11.5. The summed E-state index contributed by atoms with van der Waals surface area (Å²) in [6.07, 6.45) is 4.85. The van der Waals surface area contributed by atoms with Gasteiger partial charge in [-0.3, -0.25) is 0 Å². The third-order valence-corrected chi connectivity index (χ3v) is 5.60. The highest BCUT2D eigenvalue weighted by Crippen LogP contribution is 2.43. The summed E-state index contributed by atoms with van der Waals surface area (Å²) in [6, 6.07) is 1.34. The van der Waals surface area contributed by atoms with Crippen LogP contribution in [0.1, 0.15) is 52.0 Å². The van der Waals surface area contributed by atoms with E-state index in [0.29, 0.717) is 18.0 Å². The van der Waals surface area contributed by atoms with Crippen LogP contribution < -0.4 is 0 Å². The summed E-state index contributed by atoms with van der Waals surface area (Å²) in [5.41, 5.74) is 0.251. The van der Waals surface area contributed by atoms with Gasteiger partial charge in [-0.2, -0.15) is 0 Å². The number of aromatic nitrogens is 1. The maximum atomic E-state index is 11.0. The van der Waals surface area contributed by atoms with Gasteiger partial charge in [0.2, 0.25) is 0 Å². The average Bonchev–Trinajstić information content (AvgIpc) is 2.77. The van der Waals surface area contributed by atoms with Gasteiger partial charge >= 0.3 is 5.97 Å². The summed E-state index contributed by atoms with van der Waals surface area (Å²) >= 11 is 1.57. The SMILES string of the molecule is Cc1sc(C2CC3CCC(C2)N3C)nc1C(=O)O. The van der Waals surface area contributed by atoms with Crippen molar-refractivity contribution in [2.75, 3.05) is 7.05 Å². The maximum absolute atomic E-state index is 11.0. The predicted molar refractivity (Wildman–Crippen MR) is 70.4 cm³/mol. The molecule has 2 fully saturated rings. The Kier molecular flexibility index (Phi) is 2.90. The second kappa shape index (κ2) is 4.31. The van der Waals surface area contributed by atoms with Crippen LogP contribution in [0.5, 0.6) is 0 Å². The third-order valence-electron chi connectivity index (χ3n) is 4.46. The van der Waals surface area contributed by atoms with Gasteiger partial charge in [0.1, 0.15) is 0 Å². The van der Waals surface area contributed by atoms with E-state index in [4.69, 9.17) is 5.11 Å². The zero-order valence-electron chi connectivity index (χ0n) is 10.7. The van der Waals surface area contributed by atoms with E-state index >= 15 is 0 Å². The molecular formula is C13H18N2O2S. The van der Waals surface area contributed by atoms with Crippen LogP contribution in [-0.4, -0.2) is 40.1 Å². The van der Waals surface area contributed by atoms with Crippen LogP contribution in [-0.2, 0) is 0 Å². The molecule has 4 nitrogen and oxygen atoms in total. The molecule has 0 spiro atoms.